The molecule has 0 aliphatic carbocycles. The average Bonchev–Trinajstić information content (AvgIpc) is 3.14. The van der Waals surface area contributed by atoms with Crippen LogP contribution in [-0.4, -0.2) is 24.2 Å². The van der Waals surface area contributed by atoms with Crippen molar-refractivity contribution in [2.24, 2.45) is 0 Å². The zero-order valence-electron chi connectivity index (χ0n) is 13.2. The van der Waals surface area contributed by atoms with Crippen LogP contribution in [0.1, 0.15) is 0 Å². The topological polar surface area (TPSA) is 83.4 Å². The zero-order chi connectivity index (χ0) is 16.7. The number of aromatic nitrogens is 2. The molecule has 2 N–H and O–H groups in total. The molecule has 3 heterocycles. The lowest BCUT2D eigenvalue weighted by Crippen LogP contribution is -1.96. The maximum Gasteiger partial charge on any atom is 0.162 e. The summed E-state index contributed by atoms with van der Waals surface area (Å²) in [4.78, 5) is 8.92. The van der Waals surface area contributed by atoms with Crippen molar-refractivity contribution in [1.29, 1.82) is 0 Å². The van der Waals surface area contributed by atoms with Crippen LogP contribution in [0, 0.1) is 0 Å². The van der Waals surface area contributed by atoms with Crippen LogP contribution in [0.3, 0.4) is 0 Å². The fraction of sp³-hybridized carbons (Fsp3) is 0.111. The monoisotopic (exact) mass is 321 g/mol. The predicted molar refractivity (Wildman–Crippen MR) is 92.3 cm³/mol. The van der Waals surface area contributed by atoms with Crippen molar-refractivity contribution in [3.63, 3.8) is 0 Å². The number of furan rings is 1. The van der Waals surface area contributed by atoms with Crippen molar-refractivity contribution in [3.05, 3.63) is 43.0 Å². The molecule has 4 aromatic rings. The van der Waals surface area contributed by atoms with E-state index in [9.17, 15) is 0 Å². The molecule has 0 aliphatic heterocycles. The number of nitrogen functional groups attached to an aromatic ring is 1. The van der Waals surface area contributed by atoms with Gasteiger partial charge in [-0.1, -0.05) is 0 Å². The lowest BCUT2D eigenvalue weighted by Gasteiger charge is -2.11. The van der Waals surface area contributed by atoms with Gasteiger partial charge in [0.1, 0.15) is 5.82 Å². The maximum absolute atomic E-state index is 6.14. The van der Waals surface area contributed by atoms with E-state index in [1.165, 1.54) is 0 Å². The van der Waals surface area contributed by atoms with Crippen LogP contribution < -0.4 is 15.2 Å². The van der Waals surface area contributed by atoms with Crippen molar-refractivity contribution in [3.8, 4) is 22.8 Å². The molecular weight excluding hydrogens is 306 g/mol. The highest BCUT2D eigenvalue weighted by Crippen LogP contribution is 2.36. The first-order valence-electron chi connectivity index (χ1n) is 7.35. The fourth-order valence-electron chi connectivity index (χ4n) is 2.82. The second-order valence-electron chi connectivity index (χ2n) is 5.35. The van der Waals surface area contributed by atoms with Crippen molar-refractivity contribution >= 4 is 27.5 Å². The van der Waals surface area contributed by atoms with E-state index in [1.807, 2.05) is 24.3 Å². The summed E-state index contributed by atoms with van der Waals surface area (Å²) in [5.41, 5.74) is 8.55. The van der Waals surface area contributed by atoms with Crippen LogP contribution in [0.15, 0.2) is 47.4 Å². The molecule has 6 heteroatoms. The van der Waals surface area contributed by atoms with Gasteiger partial charge < -0.3 is 19.6 Å². The largest absolute Gasteiger partial charge is 0.493 e. The number of nitrogens with two attached hydrogens (primary N) is 1. The number of nitrogens with zero attached hydrogens (tertiary/aromatic N) is 2. The van der Waals surface area contributed by atoms with Crippen LogP contribution in [0.25, 0.3) is 32.9 Å². The summed E-state index contributed by atoms with van der Waals surface area (Å²) >= 11 is 0. The third-order valence-electron chi connectivity index (χ3n) is 4.03. The van der Waals surface area contributed by atoms with E-state index >= 15 is 0 Å². The van der Waals surface area contributed by atoms with Gasteiger partial charge in [-0.15, -0.1) is 0 Å². The van der Waals surface area contributed by atoms with E-state index < -0.39 is 0 Å². The van der Waals surface area contributed by atoms with E-state index in [-0.39, 0.29) is 0 Å². The highest BCUT2D eigenvalue weighted by atomic mass is 16.5. The van der Waals surface area contributed by atoms with Crippen LogP contribution in [-0.2, 0) is 0 Å². The Morgan fingerprint density at radius 3 is 2.50 bits per heavy atom. The van der Waals surface area contributed by atoms with Crippen LogP contribution >= 0.6 is 0 Å². The molecule has 0 spiro atoms. The Balaban J connectivity index is 2.08. The van der Waals surface area contributed by atoms with Gasteiger partial charge in [-0.2, -0.15) is 0 Å². The summed E-state index contributed by atoms with van der Waals surface area (Å²) in [7, 11) is 3.21. The van der Waals surface area contributed by atoms with Gasteiger partial charge >= 0.3 is 0 Å². The third-order valence-corrected chi connectivity index (χ3v) is 4.03. The number of pyridine rings is 2. The molecule has 3 aromatic heterocycles. The minimum atomic E-state index is 0.424. The average molecular weight is 321 g/mol. The molecule has 0 atom stereocenters. The first-order chi connectivity index (χ1) is 11.7. The summed E-state index contributed by atoms with van der Waals surface area (Å²) in [6.07, 6.45) is 4.97. The van der Waals surface area contributed by atoms with E-state index in [0.29, 0.717) is 17.3 Å². The second-order valence-corrected chi connectivity index (χ2v) is 5.35. The van der Waals surface area contributed by atoms with Crippen molar-refractivity contribution in [2.45, 2.75) is 0 Å². The minimum Gasteiger partial charge on any atom is -0.493 e. The molecule has 0 amide bonds. The number of benzene rings is 1. The van der Waals surface area contributed by atoms with Crippen LogP contribution in [0.4, 0.5) is 5.82 Å². The highest BCUT2D eigenvalue weighted by molar-refractivity contribution is 6.10. The van der Waals surface area contributed by atoms with Crippen LogP contribution in [0.2, 0.25) is 0 Å². The molecule has 0 bridgehead atoms. The molecule has 0 unspecified atom stereocenters. The SMILES string of the molecule is COc1cc2ncc3c(N)nc(-c4ccoc4)cc3c2cc1OC. The minimum absolute atomic E-state index is 0.424. The van der Waals surface area contributed by atoms with E-state index in [1.54, 1.807) is 32.9 Å². The third kappa shape index (κ3) is 2.11. The number of rotatable bonds is 3. The Morgan fingerprint density at radius 2 is 1.79 bits per heavy atom. The van der Waals surface area contributed by atoms with Crippen molar-refractivity contribution < 1.29 is 13.9 Å². The molecule has 120 valence electrons. The molecule has 0 fully saturated rings. The Kier molecular flexibility index (Phi) is 3.23. The summed E-state index contributed by atoms with van der Waals surface area (Å²) in [5, 5.41) is 2.66. The number of hydrogen-bond donors (Lipinski definition) is 1. The van der Waals surface area contributed by atoms with Gasteiger partial charge in [0.2, 0.25) is 0 Å². The van der Waals surface area contributed by atoms with E-state index in [2.05, 4.69) is 9.97 Å². The Labute approximate surface area is 137 Å². The highest BCUT2D eigenvalue weighted by Gasteiger charge is 2.13. The molecule has 6 nitrogen and oxygen atoms in total. The number of methoxy groups -OCH3 is 2. The normalized spacial score (nSPS) is 11.1. The molecule has 4 rings (SSSR count). The van der Waals surface area contributed by atoms with Crippen molar-refractivity contribution in [1.82, 2.24) is 9.97 Å². The van der Waals surface area contributed by atoms with Crippen molar-refractivity contribution in [2.75, 3.05) is 20.0 Å². The van der Waals surface area contributed by atoms with E-state index in [4.69, 9.17) is 19.6 Å². The molecule has 0 saturated carbocycles. The Hall–Kier alpha value is -3.28. The number of fused-ring (bicyclic) bond motifs is 3. The smallest absolute Gasteiger partial charge is 0.162 e. The molecule has 0 saturated heterocycles. The standard InChI is InChI=1S/C18H15N3O3/c1-22-16-6-12-11-5-14(10-3-4-24-9-10)21-18(19)13(11)8-20-15(12)7-17(16)23-2/h3-9H,1-2H3,(H2,19,21). The quantitative estimate of drug-likeness (QED) is 0.580. The van der Waals surface area contributed by atoms with Gasteiger partial charge in [0.15, 0.2) is 11.5 Å². The summed E-state index contributed by atoms with van der Waals surface area (Å²) in [5.74, 6) is 1.70. The van der Waals surface area contributed by atoms with E-state index in [0.717, 1.165) is 32.9 Å². The first kappa shape index (κ1) is 14.3. The summed E-state index contributed by atoms with van der Waals surface area (Å²) < 4.78 is 15.9. The van der Waals surface area contributed by atoms with Gasteiger partial charge in [0, 0.05) is 28.6 Å². The summed E-state index contributed by atoms with van der Waals surface area (Å²) in [6.45, 7) is 0. The summed E-state index contributed by atoms with van der Waals surface area (Å²) in [6, 6.07) is 7.58. The predicted octanol–water partition coefficient (Wildman–Crippen LogP) is 3.64. The fourth-order valence-corrected chi connectivity index (χ4v) is 2.82. The van der Waals surface area contributed by atoms with Gasteiger partial charge in [0.05, 0.1) is 38.0 Å². The lowest BCUT2D eigenvalue weighted by atomic mass is 10.0. The van der Waals surface area contributed by atoms with Gasteiger partial charge in [-0.05, 0) is 23.6 Å². The second kappa shape index (κ2) is 5.42. The van der Waals surface area contributed by atoms with Gasteiger partial charge in [-0.25, -0.2) is 4.98 Å². The molecule has 1 aromatic carbocycles. The van der Waals surface area contributed by atoms with Gasteiger partial charge in [0.25, 0.3) is 0 Å². The number of hydrogen-bond acceptors (Lipinski definition) is 6. The molecule has 0 aliphatic rings. The first-order valence-corrected chi connectivity index (χ1v) is 7.35. The number of anilines is 1. The molecular formula is C18H15N3O3. The number of ether oxygens (including phenoxy) is 2. The van der Waals surface area contributed by atoms with Crippen LogP contribution in [0.5, 0.6) is 11.5 Å². The Morgan fingerprint density at radius 1 is 1.00 bits per heavy atom. The lowest BCUT2D eigenvalue weighted by molar-refractivity contribution is 0.356. The Bertz CT molecular complexity index is 1040. The van der Waals surface area contributed by atoms with Gasteiger partial charge in [-0.3, -0.25) is 4.98 Å². The molecule has 24 heavy (non-hydrogen) atoms. The zero-order valence-corrected chi connectivity index (χ0v) is 13.2. The maximum atomic E-state index is 6.14. The molecule has 0 radical (unpaired) electrons.